The van der Waals surface area contributed by atoms with Crippen molar-refractivity contribution in [1.29, 1.82) is 0 Å². The maximum Gasteiger partial charge on any atom is 0.252 e. The molecule has 1 saturated carbocycles. The molecule has 50 heavy (non-hydrogen) atoms. The van der Waals surface area contributed by atoms with Crippen LogP contribution in [0.3, 0.4) is 0 Å². The van der Waals surface area contributed by atoms with Gasteiger partial charge in [0.1, 0.15) is 0 Å². The van der Waals surface area contributed by atoms with Gasteiger partial charge in [-0.1, -0.05) is 98.6 Å². The normalized spacial score (nSPS) is 20.9. The lowest BCUT2D eigenvalue weighted by atomic mass is 9.33. The Hall–Kier alpha value is -5.22. The fourth-order valence-corrected chi connectivity index (χ4v) is 10.2. The van der Waals surface area contributed by atoms with E-state index < -0.39 is 0 Å². The monoisotopic (exact) mass is 647 g/mol. The standard InChI is InChI=1S/C46H42BN3/c1-31-15-12-19-34(27-31)48(35-20-13-16-32(2)28-35)36-29-41-43-42(30-36)50-44-37(45(3)25-10-11-26-46(45,50)4)21-14-23-39(44)47(43)38-22-8-9-24-40(38)49(41)33-17-6-5-7-18-33/h5-9,12-24,27-30H,10-11,25-26H2,1-4H3. The molecule has 1 fully saturated rings. The lowest BCUT2D eigenvalue weighted by Crippen LogP contribution is -2.64. The molecule has 0 bridgehead atoms. The van der Waals surface area contributed by atoms with Crippen LogP contribution in [0.2, 0.25) is 0 Å². The summed E-state index contributed by atoms with van der Waals surface area (Å²) in [7, 11) is 0. The molecule has 2 atom stereocenters. The Morgan fingerprint density at radius 1 is 0.580 bits per heavy atom. The SMILES string of the molecule is Cc1cccc(N(c2cccc(C)c2)c2cc3c4c(c2)N2c5c(cccc5C5(C)CCCCC25C)B4c2ccccc2N3c2ccccc2)c1. The van der Waals surface area contributed by atoms with Gasteiger partial charge in [0.2, 0.25) is 0 Å². The molecule has 0 amide bonds. The minimum Gasteiger partial charge on any atom is -0.335 e. The lowest BCUT2D eigenvalue weighted by molar-refractivity contribution is 0.195. The van der Waals surface area contributed by atoms with E-state index in [4.69, 9.17) is 0 Å². The number of aryl methyl sites for hydroxylation is 2. The minimum absolute atomic E-state index is 0.0346. The third kappa shape index (κ3) is 3.93. The average molecular weight is 648 g/mol. The fourth-order valence-electron chi connectivity index (χ4n) is 10.2. The van der Waals surface area contributed by atoms with Crippen LogP contribution in [-0.4, -0.2) is 12.3 Å². The predicted molar refractivity (Wildman–Crippen MR) is 213 cm³/mol. The molecular formula is C46H42BN3. The van der Waals surface area contributed by atoms with Crippen molar-refractivity contribution in [3.05, 3.63) is 150 Å². The Bertz CT molecular complexity index is 2290. The van der Waals surface area contributed by atoms with Gasteiger partial charge in [-0.3, -0.25) is 0 Å². The minimum atomic E-state index is -0.0346. The molecular weight excluding hydrogens is 605 g/mol. The van der Waals surface area contributed by atoms with E-state index in [1.165, 1.54) is 104 Å². The van der Waals surface area contributed by atoms with Crippen LogP contribution in [0.4, 0.5) is 45.5 Å². The first-order chi connectivity index (χ1) is 24.4. The summed E-state index contributed by atoms with van der Waals surface area (Å²) in [6.07, 6.45) is 4.94. The van der Waals surface area contributed by atoms with Gasteiger partial charge < -0.3 is 14.7 Å². The van der Waals surface area contributed by atoms with Gasteiger partial charge in [-0.15, -0.1) is 0 Å². The molecule has 6 aromatic carbocycles. The van der Waals surface area contributed by atoms with Crippen LogP contribution in [-0.2, 0) is 5.41 Å². The van der Waals surface area contributed by atoms with Gasteiger partial charge in [0.05, 0.1) is 11.2 Å². The van der Waals surface area contributed by atoms with E-state index in [1.54, 1.807) is 0 Å². The van der Waals surface area contributed by atoms with Crippen molar-refractivity contribution >= 4 is 68.6 Å². The maximum absolute atomic E-state index is 2.83. The zero-order valence-electron chi connectivity index (χ0n) is 29.4. The van der Waals surface area contributed by atoms with Crippen LogP contribution >= 0.6 is 0 Å². The maximum atomic E-state index is 2.83. The Labute approximate surface area is 296 Å². The van der Waals surface area contributed by atoms with E-state index >= 15 is 0 Å². The summed E-state index contributed by atoms with van der Waals surface area (Å²) in [6, 6.07) is 50.3. The number of anilines is 8. The van der Waals surface area contributed by atoms with Gasteiger partial charge in [-0.2, -0.15) is 0 Å². The van der Waals surface area contributed by atoms with Crippen LogP contribution in [0.1, 0.15) is 56.2 Å². The highest BCUT2D eigenvalue weighted by atomic mass is 15.3. The van der Waals surface area contributed by atoms with Crippen molar-refractivity contribution in [2.24, 2.45) is 0 Å². The van der Waals surface area contributed by atoms with Crippen molar-refractivity contribution in [3.63, 3.8) is 0 Å². The van der Waals surface area contributed by atoms with Gasteiger partial charge in [0.15, 0.2) is 0 Å². The molecule has 10 rings (SSSR count). The highest BCUT2D eigenvalue weighted by Gasteiger charge is 2.61. The van der Waals surface area contributed by atoms with E-state index in [2.05, 4.69) is 176 Å². The van der Waals surface area contributed by atoms with Gasteiger partial charge in [0, 0.05) is 45.2 Å². The molecule has 0 N–H and O–H groups in total. The number of benzene rings is 6. The van der Waals surface area contributed by atoms with E-state index in [-0.39, 0.29) is 17.7 Å². The second-order valence-corrected chi connectivity index (χ2v) is 15.5. The summed E-state index contributed by atoms with van der Waals surface area (Å²) in [5.41, 5.74) is 18.4. The molecule has 244 valence electrons. The number of rotatable bonds is 4. The number of fused-ring (bicyclic) bond motifs is 7. The quantitative estimate of drug-likeness (QED) is 0.176. The van der Waals surface area contributed by atoms with Gasteiger partial charge in [-0.25, -0.2) is 0 Å². The van der Waals surface area contributed by atoms with Gasteiger partial charge in [-0.05, 0) is 121 Å². The lowest BCUT2D eigenvalue weighted by Gasteiger charge is -2.53. The first-order valence-corrected chi connectivity index (χ1v) is 18.4. The van der Waals surface area contributed by atoms with Crippen LogP contribution in [0.5, 0.6) is 0 Å². The largest absolute Gasteiger partial charge is 0.335 e. The van der Waals surface area contributed by atoms with Crippen LogP contribution in [0, 0.1) is 13.8 Å². The molecule has 0 radical (unpaired) electrons. The van der Waals surface area contributed by atoms with Crippen LogP contribution in [0.25, 0.3) is 0 Å². The summed E-state index contributed by atoms with van der Waals surface area (Å²) in [5.74, 6) is 0. The Morgan fingerprint density at radius 3 is 1.96 bits per heavy atom. The molecule has 3 aliphatic heterocycles. The molecule has 4 aliphatic rings. The first kappa shape index (κ1) is 29.7. The topological polar surface area (TPSA) is 9.72 Å². The Balaban J connectivity index is 1.34. The third-order valence-electron chi connectivity index (χ3n) is 12.6. The molecule has 0 aromatic heterocycles. The highest BCUT2D eigenvalue weighted by molar-refractivity contribution is 7.00. The molecule has 1 aliphatic carbocycles. The molecule has 0 spiro atoms. The summed E-state index contributed by atoms with van der Waals surface area (Å²) >= 11 is 0. The van der Waals surface area contributed by atoms with Gasteiger partial charge in [0.25, 0.3) is 6.71 Å². The molecule has 0 saturated heterocycles. The fraction of sp³-hybridized carbons (Fsp3) is 0.217. The number of nitrogens with zero attached hydrogens (tertiary/aromatic N) is 3. The summed E-state index contributed by atoms with van der Waals surface area (Å²) < 4.78 is 0. The number of hydrogen-bond donors (Lipinski definition) is 0. The van der Waals surface area contributed by atoms with E-state index in [9.17, 15) is 0 Å². The molecule has 3 nitrogen and oxygen atoms in total. The summed E-state index contributed by atoms with van der Waals surface area (Å²) in [5, 5.41) is 0. The van der Waals surface area contributed by atoms with E-state index in [1.807, 2.05) is 0 Å². The summed E-state index contributed by atoms with van der Waals surface area (Å²) in [6.45, 7) is 9.67. The van der Waals surface area contributed by atoms with Crippen molar-refractivity contribution in [1.82, 2.24) is 0 Å². The Kier molecular flexibility index (Phi) is 6.32. The summed E-state index contributed by atoms with van der Waals surface area (Å²) in [4.78, 5) is 7.85. The van der Waals surface area contributed by atoms with Crippen molar-refractivity contribution < 1.29 is 0 Å². The van der Waals surface area contributed by atoms with E-state index in [0.29, 0.717) is 0 Å². The molecule has 2 unspecified atom stereocenters. The van der Waals surface area contributed by atoms with Crippen LogP contribution in [0.15, 0.2) is 133 Å². The van der Waals surface area contributed by atoms with Crippen molar-refractivity contribution in [2.45, 2.75) is 64.3 Å². The number of hydrogen-bond acceptors (Lipinski definition) is 3. The second kappa shape index (κ2) is 10.6. The van der Waals surface area contributed by atoms with Crippen molar-refractivity contribution in [2.75, 3.05) is 14.7 Å². The number of para-hydroxylation sites is 3. The zero-order valence-corrected chi connectivity index (χ0v) is 29.4. The molecule has 4 heteroatoms. The van der Waals surface area contributed by atoms with Crippen molar-refractivity contribution in [3.8, 4) is 0 Å². The smallest absolute Gasteiger partial charge is 0.252 e. The first-order valence-electron chi connectivity index (χ1n) is 18.4. The second-order valence-electron chi connectivity index (χ2n) is 15.5. The van der Waals surface area contributed by atoms with Crippen LogP contribution < -0.4 is 31.1 Å². The van der Waals surface area contributed by atoms with Gasteiger partial charge >= 0.3 is 0 Å². The molecule has 6 aromatic rings. The third-order valence-corrected chi connectivity index (χ3v) is 12.6. The zero-order chi connectivity index (χ0) is 33.8. The Morgan fingerprint density at radius 2 is 1.22 bits per heavy atom. The molecule has 3 heterocycles. The highest BCUT2D eigenvalue weighted by Crippen LogP contribution is 2.62. The predicted octanol–water partition coefficient (Wildman–Crippen LogP) is 10.1. The average Bonchev–Trinajstić information content (AvgIpc) is 3.34. The van der Waals surface area contributed by atoms with E-state index in [0.717, 1.165) is 0 Å².